The number of hydrogen-bond acceptors (Lipinski definition) is 7. The number of rotatable bonds is 4. The highest BCUT2D eigenvalue weighted by Crippen LogP contribution is 2.53. The predicted octanol–water partition coefficient (Wildman–Crippen LogP) is 2.53. The van der Waals surface area contributed by atoms with Gasteiger partial charge in [-0.3, -0.25) is 30.1 Å². The van der Waals surface area contributed by atoms with E-state index in [9.17, 15) is 19.7 Å². The lowest BCUT2D eigenvalue weighted by molar-refractivity contribution is -0.384. The van der Waals surface area contributed by atoms with Gasteiger partial charge in [-0.1, -0.05) is 72.0 Å². The first-order chi connectivity index (χ1) is 18.3. The third-order valence-electron chi connectivity index (χ3n) is 7.17. The van der Waals surface area contributed by atoms with Crippen LogP contribution in [0, 0.1) is 10.1 Å². The third-order valence-corrected chi connectivity index (χ3v) is 8.14. The van der Waals surface area contributed by atoms with Crippen molar-refractivity contribution in [1.29, 1.82) is 0 Å². The quantitative estimate of drug-likeness (QED) is 0.324. The number of benzene rings is 3. The Morgan fingerprint density at radius 2 is 1.50 bits per heavy atom. The number of fused-ring (bicyclic) bond motifs is 2. The molecular weight excluding hydrogens is 504 g/mol. The van der Waals surface area contributed by atoms with Crippen molar-refractivity contribution in [2.45, 2.75) is 11.3 Å². The number of nitrogens with one attached hydrogen (secondary N) is 1. The fourth-order valence-corrected chi connectivity index (χ4v) is 6.33. The van der Waals surface area contributed by atoms with E-state index in [-0.39, 0.29) is 17.3 Å². The molecule has 10 nitrogen and oxygen atoms in total. The average molecular weight is 527 g/mol. The van der Waals surface area contributed by atoms with E-state index < -0.39 is 16.2 Å². The van der Waals surface area contributed by atoms with Gasteiger partial charge in [0.1, 0.15) is 0 Å². The Hall–Kier alpha value is -4.77. The van der Waals surface area contributed by atoms with Gasteiger partial charge in [-0.15, -0.1) is 0 Å². The average Bonchev–Trinajstić information content (AvgIpc) is 3.33. The second kappa shape index (κ2) is 8.38. The standard InChI is InChI=1S/C27H22N6O4S/c1-30-25(35)31(2)27(20-11-7-4-8-12-20)26(30,19-9-5-3-6-10-19)28-24-32(29-27)23(34)22(38-24)17-18-13-15-21(16-14-18)33(36)37/h3-17,29H,1-2H3/b22-17+. The lowest BCUT2D eigenvalue weighted by Gasteiger charge is -2.49. The molecule has 2 amide bonds. The maximum atomic E-state index is 13.7. The number of likely N-dealkylation sites (N-methyl/N-ethyl adjacent to an activating group) is 2. The molecule has 2 unspecified atom stereocenters. The third kappa shape index (κ3) is 3.08. The van der Waals surface area contributed by atoms with Crippen LogP contribution >= 0.6 is 11.3 Å². The number of urea groups is 1. The number of nitro groups is 1. The summed E-state index contributed by atoms with van der Waals surface area (Å²) < 4.78 is 1.78. The normalized spacial score (nSPS) is 22.5. The molecule has 3 heterocycles. The van der Waals surface area contributed by atoms with Crippen LogP contribution in [0.15, 0.2) is 94.7 Å². The van der Waals surface area contributed by atoms with Gasteiger partial charge in [0, 0.05) is 37.4 Å². The molecule has 0 spiro atoms. The summed E-state index contributed by atoms with van der Waals surface area (Å²) in [7, 11) is 3.42. The number of carbonyl (C=O) groups excluding carboxylic acids is 1. The number of aromatic nitrogens is 1. The van der Waals surface area contributed by atoms with E-state index in [0.29, 0.717) is 14.9 Å². The lowest BCUT2D eigenvalue weighted by Crippen LogP contribution is -2.67. The van der Waals surface area contributed by atoms with E-state index in [0.717, 1.165) is 11.1 Å². The summed E-state index contributed by atoms with van der Waals surface area (Å²) in [5.41, 5.74) is 2.76. The van der Waals surface area contributed by atoms with Gasteiger partial charge in [-0.25, -0.2) is 9.79 Å². The van der Waals surface area contributed by atoms with Crippen LogP contribution in [0.1, 0.15) is 16.7 Å². The highest BCUT2D eigenvalue weighted by molar-refractivity contribution is 7.07. The number of hydrogen-bond donors (Lipinski definition) is 1. The van der Waals surface area contributed by atoms with Crippen LogP contribution in [0.2, 0.25) is 0 Å². The Morgan fingerprint density at radius 1 is 0.895 bits per heavy atom. The highest BCUT2D eigenvalue weighted by atomic mass is 32.1. The van der Waals surface area contributed by atoms with Crippen LogP contribution in [0.4, 0.5) is 10.5 Å². The van der Waals surface area contributed by atoms with Crippen molar-refractivity contribution in [1.82, 2.24) is 14.5 Å². The van der Waals surface area contributed by atoms with E-state index in [4.69, 9.17) is 4.99 Å². The maximum Gasteiger partial charge on any atom is 0.324 e. The van der Waals surface area contributed by atoms with Gasteiger partial charge in [0.2, 0.25) is 16.1 Å². The van der Waals surface area contributed by atoms with E-state index in [1.165, 1.54) is 28.1 Å². The van der Waals surface area contributed by atoms with Crippen LogP contribution in [-0.4, -0.2) is 39.5 Å². The van der Waals surface area contributed by atoms with E-state index in [1.54, 1.807) is 42.1 Å². The summed E-state index contributed by atoms with van der Waals surface area (Å²) in [5, 5.41) is 11.0. The SMILES string of the molecule is CN1C(=O)N(C)C2(c3ccccc3)Nn3c(s/c(=C/c4ccc([N+](=O)[O-])cc4)c3=O)=NC12c1ccccc1. The Morgan fingerprint density at radius 3 is 2.11 bits per heavy atom. The lowest BCUT2D eigenvalue weighted by atomic mass is 9.80. The maximum absolute atomic E-state index is 13.7. The second-order valence-corrected chi connectivity index (χ2v) is 10.1. The molecule has 4 aromatic rings. The summed E-state index contributed by atoms with van der Waals surface area (Å²) in [6.07, 6.45) is 1.68. The van der Waals surface area contributed by atoms with Crippen molar-refractivity contribution < 1.29 is 9.72 Å². The molecule has 0 saturated carbocycles. The number of thiazole rings is 1. The van der Waals surface area contributed by atoms with Gasteiger partial charge < -0.3 is 0 Å². The van der Waals surface area contributed by atoms with Crippen LogP contribution in [0.3, 0.4) is 0 Å². The Kier molecular flexibility index (Phi) is 5.21. The van der Waals surface area contributed by atoms with Gasteiger partial charge in [0.15, 0.2) is 0 Å². The molecule has 6 rings (SSSR count). The minimum atomic E-state index is -1.25. The van der Waals surface area contributed by atoms with Crippen LogP contribution < -0.4 is 20.3 Å². The zero-order valence-corrected chi connectivity index (χ0v) is 21.3. The first-order valence-electron chi connectivity index (χ1n) is 11.8. The molecule has 190 valence electrons. The van der Waals surface area contributed by atoms with Gasteiger partial charge in [0.05, 0.1) is 9.46 Å². The van der Waals surface area contributed by atoms with Crippen LogP contribution in [0.5, 0.6) is 0 Å². The molecule has 2 aliphatic heterocycles. The highest BCUT2D eigenvalue weighted by Gasteiger charge is 2.69. The van der Waals surface area contributed by atoms with E-state index in [2.05, 4.69) is 5.43 Å². The topological polar surface area (TPSA) is 113 Å². The zero-order valence-electron chi connectivity index (χ0n) is 20.4. The van der Waals surface area contributed by atoms with Crippen molar-refractivity contribution in [3.63, 3.8) is 0 Å². The smallest absolute Gasteiger partial charge is 0.295 e. The molecule has 38 heavy (non-hydrogen) atoms. The van der Waals surface area contributed by atoms with Crippen molar-refractivity contribution >= 4 is 29.1 Å². The second-order valence-electron chi connectivity index (χ2n) is 9.12. The molecule has 0 bridgehead atoms. The van der Waals surface area contributed by atoms with Crippen molar-refractivity contribution in [3.8, 4) is 0 Å². The molecule has 3 aromatic carbocycles. The largest absolute Gasteiger partial charge is 0.324 e. The fraction of sp³-hybridized carbons (Fsp3) is 0.148. The number of carbonyl (C=O) groups is 1. The minimum absolute atomic E-state index is 0.0285. The van der Waals surface area contributed by atoms with Crippen molar-refractivity contribution in [3.05, 3.63) is 131 Å². The van der Waals surface area contributed by atoms with E-state index in [1.807, 2.05) is 60.7 Å². The summed E-state index contributed by atoms with van der Waals surface area (Å²) in [6, 6.07) is 24.8. The summed E-state index contributed by atoms with van der Waals surface area (Å²) in [6.45, 7) is 0. The van der Waals surface area contributed by atoms with Gasteiger partial charge in [-0.05, 0) is 23.8 Å². The van der Waals surface area contributed by atoms with Gasteiger partial charge in [-0.2, -0.15) is 4.68 Å². The number of amides is 2. The first kappa shape index (κ1) is 23.6. The fourth-order valence-electron chi connectivity index (χ4n) is 5.36. The molecular formula is C27H22N6O4S. The van der Waals surface area contributed by atoms with E-state index >= 15 is 0 Å². The number of non-ortho nitro benzene ring substituents is 1. The summed E-state index contributed by atoms with van der Waals surface area (Å²) >= 11 is 1.18. The zero-order chi connectivity index (χ0) is 26.7. The number of nitrogens with zero attached hydrogens (tertiary/aromatic N) is 5. The Bertz CT molecular complexity index is 1750. The molecule has 1 fully saturated rings. The molecule has 2 atom stereocenters. The van der Waals surface area contributed by atoms with Gasteiger partial charge in [0.25, 0.3) is 11.2 Å². The molecule has 0 aliphatic carbocycles. The van der Waals surface area contributed by atoms with Crippen molar-refractivity contribution in [2.24, 2.45) is 4.99 Å². The first-order valence-corrected chi connectivity index (χ1v) is 12.6. The summed E-state index contributed by atoms with van der Waals surface area (Å²) in [5.74, 6) is 0. The van der Waals surface area contributed by atoms with Crippen LogP contribution in [0.25, 0.3) is 6.08 Å². The predicted molar refractivity (Wildman–Crippen MR) is 143 cm³/mol. The molecule has 2 aliphatic rings. The monoisotopic (exact) mass is 526 g/mol. The molecule has 1 aromatic heterocycles. The Labute approximate surface area is 220 Å². The van der Waals surface area contributed by atoms with Gasteiger partial charge >= 0.3 is 6.03 Å². The van der Waals surface area contributed by atoms with Crippen molar-refractivity contribution in [2.75, 3.05) is 19.5 Å². The minimum Gasteiger partial charge on any atom is -0.295 e. The summed E-state index contributed by atoms with van der Waals surface area (Å²) in [4.78, 5) is 46.6. The molecule has 1 saturated heterocycles. The van der Waals surface area contributed by atoms with Crippen LogP contribution in [-0.2, 0) is 11.3 Å². The molecule has 11 heteroatoms. The Balaban J connectivity index is 1.65. The molecule has 1 N–H and O–H groups in total. The number of nitro benzene ring substituents is 1. The molecule has 0 radical (unpaired) electrons.